The van der Waals surface area contributed by atoms with Gasteiger partial charge in [0.15, 0.2) is 5.78 Å². The van der Waals surface area contributed by atoms with E-state index in [1.807, 2.05) is 6.08 Å². The largest absolute Gasteiger partial charge is 0.393 e. The lowest BCUT2D eigenvalue weighted by Crippen LogP contribution is -2.47. The van der Waals surface area contributed by atoms with Crippen LogP contribution in [0.2, 0.25) is 0 Å². The van der Waals surface area contributed by atoms with Crippen LogP contribution >= 0.6 is 0 Å². The highest BCUT2D eigenvalue weighted by Crippen LogP contribution is 2.53. The average molecular weight is 252 g/mol. The van der Waals surface area contributed by atoms with Crippen LogP contribution in [0, 0.1) is 17.3 Å². The van der Waals surface area contributed by atoms with Gasteiger partial charge in [-0.25, -0.2) is 0 Å². The Bertz CT molecular complexity index is 383. The summed E-state index contributed by atoms with van der Waals surface area (Å²) in [5, 5.41) is 19.6. The Morgan fingerprint density at radius 1 is 1.56 bits per heavy atom. The number of aliphatic hydroxyl groups is 2. The molecule has 0 aromatic heterocycles. The van der Waals surface area contributed by atoms with Crippen molar-refractivity contribution in [3.8, 4) is 0 Å². The van der Waals surface area contributed by atoms with E-state index < -0.39 is 5.60 Å². The average Bonchev–Trinajstić information content (AvgIpc) is 2.30. The highest BCUT2D eigenvalue weighted by atomic mass is 16.3. The van der Waals surface area contributed by atoms with E-state index in [0.717, 1.165) is 19.3 Å². The number of aliphatic hydroxyl groups excluding tert-OH is 1. The van der Waals surface area contributed by atoms with Crippen LogP contribution in [-0.4, -0.2) is 28.2 Å². The van der Waals surface area contributed by atoms with E-state index in [1.54, 1.807) is 6.92 Å². The minimum absolute atomic E-state index is 0.00991. The maximum atomic E-state index is 11.6. The van der Waals surface area contributed by atoms with Crippen LogP contribution in [0.5, 0.6) is 0 Å². The molecule has 1 unspecified atom stereocenters. The molecule has 0 radical (unpaired) electrons. The molecule has 1 fully saturated rings. The van der Waals surface area contributed by atoms with E-state index >= 15 is 0 Å². The van der Waals surface area contributed by atoms with Gasteiger partial charge in [-0.3, -0.25) is 4.79 Å². The summed E-state index contributed by atoms with van der Waals surface area (Å²) in [4.78, 5) is 11.6. The Morgan fingerprint density at radius 3 is 2.83 bits per heavy atom. The van der Waals surface area contributed by atoms with Crippen LogP contribution in [0.1, 0.15) is 46.5 Å². The highest BCUT2D eigenvalue weighted by molar-refractivity contribution is 5.92. The van der Waals surface area contributed by atoms with Crippen molar-refractivity contribution in [2.24, 2.45) is 17.3 Å². The van der Waals surface area contributed by atoms with Gasteiger partial charge in [-0.2, -0.15) is 0 Å². The molecule has 0 heterocycles. The van der Waals surface area contributed by atoms with Crippen LogP contribution in [0.3, 0.4) is 0 Å². The molecular formula is C15H24O3. The van der Waals surface area contributed by atoms with Crippen LogP contribution in [0.15, 0.2) is 11.6 Å². The Morgan fingerprint density at radius 2 is 2.22 bits per heavy atom. The predicted molar refractivity (Wildman–Crippen MR) is 70.0 cm³/mol. The van der Waals surface area contributed by atoms with Crippen molar-refractivity contribution in [1.82, 2.24) is 0 Å². The summed E-state index contributed by atoms with van der Waals surface area (Å²) in [5.74, 6) is 0.671. The first-order chi connectivity index (χ1) is 8.29. The third-order valence-electron chi connectivity index (χ3n) is 5.30. The molecule has 0 aromatic rings. The standard InChI is InChI=1S/C15H24O3/c1-10-6-13(17)7-11-4-5-12(8-14(10,11)2)15(3,18)9-16/h7,10,12,16,18H,4-6,8-9H2,1-3H3/t10-,12?,14+,15+/m1/s1. The number of carbonyl (C=O) groups excluding carboxylic acids is 1. The van der Waals surface area contributed by atoms with Gasteiger partial charge in [-0.05, 0) is 49.5 Å². The van der Waals surface area contributed by atoms with E-state index in [-0.39, 0.29) is 23.7 Å². The number of hydrogen-bond donors (Lipinski definition) is 2. The lowest BCUT2D eigenvalue weighted by Gasteiger charge is -2.49. The molecule has 0 amide bonds. The van der Waals surface area contributed by atoms with E-state index in [9.17, 15) is 15.0 Å². The molecule has 3 nitrogen and oxygen atoms in total. The fourth-order valence-corrected chi connectivity index (χ4v) is 3.56. The maximum absolute atomic E-state index is 11.6. The summed E-state index contributed by atoms with van der Waals surface area (Å²) in [6.07, 6.45) is 5.01. The molecule has 18 heavy (non-hydrogen) atoms. The van der Waals surface area contributed by atoms with Crippen molar-refractivity contribution in [1.29, 1.82) is 0 Å². The Balaban J connectivity index is 2.26. The number of fused-ring (bicyclic) bond motifs is 1. The molecule has 0 bridgehead atoms. The molecular weight excluding hydrogens is 228 g/mol. The molecule has 0 saturated heterocycles. The lowest BCUT2D eigenvalue weighted by atomic mass is 9.56. The summed E-state index contributed by atoms with van der Waals surface area (Å²) in [5.41, 5.74) is 0.252. The first kappa shape index (κ1) is 13.8. The van der Waals surface area contributed by atoms with E-state index in [2.05, 4.69) is 13.8 Å². The number of ketones is 1. The van der Waals surface area contributed by atoms with Crippen molar-refractivity contribution in [3.05, 3.63) is 11.6 Å². The number of allylic oxidation sites excluding steroid dienone is 2. The molecule has 0 aromatic carbocycles. The van der Waals surface area contributed by atoms with Gasteiger partial charge < -0.3 is 10.2 Å². The van der Waals surface area contributed by atoms with Gasteiger partial charge in [0.05, 0.1) is 12.2 Å². The fraction of sp³-hybridized carbons (Fsp3) is 0.800. The lowest BCUT2D eigenvalue weighted by molar-refractivity contribution is -0.118. The number of carbonyl (C=O) groups is 1. The monoisotopic (exact) mass is 252 g/mol. The first-order valence-corrected chi connectivity index (χ1v) is 6.86. The van der Waals surface area contributed by atoms with Crippen molar-refractivity contribution in [2.75, 3.05) is 6.61 Å². The zero-order valence-corrected chi connectivity index (χ0v) is 11.6. The summed E-state index contributed by atoms with van der Waals surface area (Å²) in [7, 11) is 0. The Hall–Kier alpha value is -0.670. The van der Waals surface area contributed by atoms with Gasteiger partial charge in [0.1, 0.15) is 0 Å². The molecule has 0 spiro atoms. The normalized spacial score (nSPS) is 39.8. The van der Waals surface area contributed by atoms with Crippen molar-refractivity contribution in [2.45, 2.75) is 52.1 Å². The van der Waals surface area contributed by atoms with Gasteiger partial charge in [0.2, 0.25) is 0 Å². The molecule has 0 aliphatic heterocycles. The molecule has 2 rings (SSSR count). The zero-order valence-electron chi connectivity index (χ0n) is 11.6. The molecule has 2 aliphatic rings. The Labute approximate surface area is 109 Å². The second-order valence-corrected chi connectivity index (χ2v) is 6.61. The minimum Gasteiger partial charge on any atom is -0.393 e. The molecule has 4 atom stereocenters. The highest BCUT2D eigenvalue weighted by Gasteiger charge is 2.47. The summed E-state index contributed by atoms with van der Waals surface area (Å²) in [6, 6.07) is 0. The number of rotatable bonds is 2. The van der Waals surface area contributed by atoms with Crippen molar-refractivity contribution >= 4 is 5.78 Å². The van der Waals surface area contributed by atoms with Gasteiger partial charge in [0, 0.05) is 6.42 Å². The second kappa shape index (κ2) is 4.46. The summed E-state index contributed by atoms with van der Waals surface area (Å²) < 4.78 is 0. The third kappa shape index (κ3) is 2.14. The van der Waals surface area contributed by atoms with Gasteiger partial charge >= 0.3 is 0 Å². The third-order valence-corrected chi connectivity index (χ3v) is 5.30. The first-order valence-electron chi connectivity index (χ1n) is 6.86. The zero-order chi connectivity index (χ0) is 13.6. The molecule has 3 heteroatoms. The quantitative estimate of drug-likeness (QED) is 0.791. The van der Waals surface area contributed by atoms with Crippen molar-refractivity contribution < 1.29 is 15.0 Å². The fourth-order valence-electron chi connectivity index (χ4n) is 3.56. The SMILES string of the molecule is C[C@@H]1CC(=O)C=C2CCC([C@@](C)(O)CO)C[C@]21C. The smallest absolute Gasteiger partial charge is 0.155 e. The van der Waals surface area contributed by atoms with Crippen LogP contribution in [-0.2, 0) is 4.79 Å². The van der Waals surface area contributed by atoms with Crippen molar-refractivity contribution in [3.63, 3.8) is 0 Å². The van der Waals surface area contributed by atoms with Crippen LogP contribution in [0.4, 0.5) is 0 Å². The van der Waals surface area contributed by atoms with Gasteiger partial charge in [-0.1, -0.05) is 19.4 Å². The van der Waals surface area contributed by atoms with Crippen LogP contribution in [0.25, 0.3) is 0 Å². The molecule has 1 saturated carbocycles. The van der Waals surface area contributed by atoms with Crippen LogP contribution < -0.4 is 0 Å². The second-order valence-electron chi connectivity index (χ2n) is 6.61. The minimum atomic E-state index is -1.00. The van der Waals surface area contributed by atoms with Gasteiger partial charge in [0.25, 0.3) is 0 Å². The van der Waals surface area contributed by atoms with E-state index in [0.29, 0.717) is 12.3 Å². The van der Waals surface area contributed by atoms with Gasteiger partial charge in [-0.15, -0.1) is 0 Å². The molecule has 2 N–H and O–H groups in total. The summed E-state index contributed by atoms with van der Waals surface area (Å²) >= 11 is 0. The Kier molecular flexibility index (Phi) is 3.41. The molecule has 2 aliphatic carbocycles. The maximum Gasteiger partial charge on any atom is 0.155 e. The topological polar surface area (TPSA) is 57.5 Å². The number of hydrogen-bond acceptors (Lipinski definition) is 3. The molecule has 102 valence electrons. The predicted octanol–water partition coefficient (Wildman–Crippen LogP) is 2.07. The van der Waals surface area contributed by atoms with E-state index in [1.165, 1.54) is 5.57 Å². The van der Waals surface area contributed by atoms with E-state index in [4.69, 9.17) is 0 Å². The summed E-state index contributed by atoms with van der Waals surface area (Å²) in [6.45, 7) is 5.85.